The topological polar surface area (TPSA) is 50.1 Å². The van der Waals surface area contributed by atoms with Crippen LogP contribution >= 0.6 is 0 Å². The quantitative estimate of drug-likeness (QED) is 0.806. The van der Waals surface area contributed by atoms with E-state index in [-0.39, 0.29) is 0 Å². The van der Waals surface area contributed by atoms with Crippen LogP contribution in [0.15, 0.2) is 12.4 Å². The molecule has 0 bridgehead atoms. The van der Waals surface area contributed by atoms with E-state index in [9.17, 15) is 5.11 Å². The van der Waals surface area contributed by atoms with Crippen molar-refractivity contribution in [3.05, 3.63) is 18.2 Å². The Morgan fingerprint density at radius 3 is 2.81 bits per heavy atom. The molecule has 1 aliphatic carbocycles. The molecule has 1 heterocycles. The van der Waals surface area contributed by atoms with E-state index >= 15 is 0 Å². The largest absolute Gasteiger partial charge is 0.389 e. The summed E-state index contributed by atoms with van der Waals surface area (Å²) in [6.45, 7) is 1.41. The standard InChI is InChI=1S/C12H21N3O/c1-15-8-7-14-11(15)9-13-10-12(16)5-3-2-4-6-12/h7-8,13,16H,2-6,9-10H2,1H3. The summed E-state index contributed by atoms with van der Waals surface area (Å²) in [5.41, 5.74) is -0.483. The molecule has 0 spiro atoms. The molecule has 0 aromatic carbocycles. The average Bonchev–Trinajstić information content (AvgIpc) is 2.65. The van der Waals surface area contributed by atoms with Crippen molar-refractivity contribution in [2.45, 2.75) is 44.2 Å². The highest BCUT2D eigenvalue weighted by Gasteiger charge is 2.28. The molecular formula is C12H21N3O. The number of nitrogens with zero attached hydrogens (tertiary/aromatic N) is 2. The van der Waals surface area contributed by atoms with Crippen LogP contribution in [-0.4, -0.2) is 26.8 Å². The summed E-state index contributed by atoms with van der Waals surface area (Å²) in [6, 6.07) is 0. The number of rotatable bonds is 4. The lowest BCUT2D eigenvalue weighted by Crippen LogP contribution is -2.42. The highest BCUT2D eigenvalue weighted by Crippen LogP contribution is 2.27. The predicted octanol–water partition coefficient (Wildman–Crippen LogP) is 1.20. The summed E-state index contributed by atoms with van der Waals surface area (Å²) in [4.78, 5) is 4.24. The molecule has 2 N–H and O–H groups in total. The SMILES string of the molecule is Cn1ccnc1CNCC1(O)CCCCC1. The lowest BCUT2D eigenvalue weighted by Gasteiger charge is -2.32. The van der Waals surface area contributed by atoms with Crippen LogP contribution in [0, 0.1) is 0 Å². The van der Waals surface area contributed by atoms with Crippen molar-refractivity contribution >= 4 is 0 Å². The molecule has 4 nitrogen and oxygen atoms in total. The average molecular weight is 223 g/mol. The van der Waals surface area contributed by atoms with Crippen LogP contribution in [0.5, 0.6) is 0 Å². The number of imidazole rings is 1. The lowest BCUT2D eigenvalue weighted by atomic mass is 9.85. The van der Waals surface area contributed by atoms with Crippen molar-refractivity contribution in [2.24, 2.45) is 7.05 Å². The van der Waals surface area contributed by atoms with Gasteiger partial charge in [0.25, 0.3) is 0 Å². The first-order chi connectivity index (χ1) is 7.70. The maximum absolute atomic E-state index is 10.3. The van der Waals surface area contributed by atoms with Crippen molar-refractivity contribution in [3.8, 4) is 0 Å². The van der Waals surface area contributed by atoms with E-state index in [0.29, 0.717) is 6.54 Å². The van der Waals surface area contributed by atoms with E-state index in [4.69, 9.17) is 0 Å². The van der Waals surface area contributed by atoms with Crippen LogP contribution in [0.1, 0.15) is 37.9 Å². The van der Waals surface area contributed by atoms with Gasteiger partial charge in [-0.15, -0.1) is 0 Å². The molecule has 0 atom stereocenters. The minimum atomic E-state index is -0.483. The van der Waals surface area contributed by atoms with Crippen molar-refractivity contribution < 1.29 is 5.11 Å². The third-order valence-corrected chi connectivity index (χ3v) is 3.44. The van der Waals surface area contributed by atoms with E-state index < -0.39 is 5.60 Å². The maximum atomic E-state index is 10.3. The van der Waals surface area contributed by atoms with E-state index in [1.54, 1.807) is 6.20 Å². The molecule has 0 unspecified atom stereocenters. The molecule has 16 heavy (non-hydrogen) atoms. The fourth-order valence-corrected chi connectivity index (χ4v) is 2.36. The highest BCUT2D eigenvalue weighted by molar-refractivity contribution is 4.92. The Balaban J connectivity index is 1.77. The van der Waals surface area contributed by atoms with Gasteiger partial charge in [0, 0.05) is 26.0 Å². The van der Waals surface area contributed by atoms with E-state index in [1.807, 2.05) is 17.8 Å². The summed E-state index contributed by atoms with van der Waals surface area (Å²) in [7, 11) is 1.99. The third-order valence-electron chi connectivity index (χ3n) is 3.44. The van der Waals surface area contributed by atoms with Crippen LogP contribution in [0.2, 0.25) is 0 Å². The second-order valence-corrected chi connectivity index (χ2v) is 4.84. The van der Waals surface area contributed by atoms with Gasteiger partial charge in [0.15, 0.2) is 0 Å². The van der Waals surface area contributed by atoms with Crippen molar-refractivity contribution in [1.82, 2.24) is 14.9 Å². The molecule has 0 aliphatic heterocycles. The zero-order chi connectivity index (χ0) is 11.4. The first-order valence-corrected chi connectivity index (χ1v) is 6.09. The zero-order valence-corrected chi connectivity index (χ0v) is 9.95. The van der Waals surface area contributed by atoms with Gasteiger partial charge in [0.1, 0.15) is 5.82 Å². The molecule has 1 aliphatic rings. The van der Waals surface area contributed by atoms with E-state index in [2.05, 4.69) is 10.3 Å². The maximum Gasteiger partial charge on any atom is 0.122 e. The molecule has 4 heteroatoms. The molecule has 90 valence electrons. The normalized spacial score (nSPS) is 19.9. The summed E-state index contributed by atoms with van der Waals surface area (Å²) >= 11 is 0. The molecule has 1 aromatic heterocycles. The predicted molar refractivity (Wildman–Crippen MR) is 62.9 cm³/mol. The smallest absolute Gasteiger partial charge is 0.122 e. The summed E-state index contributed by atoms with van der Waals surface area (Å²) < 4.78 is 2.00. The van der Waals surface area contributed by atoms with Gasteiger partial charge in [-0.1, -0.05) is 19.3 Å². The highest BCUT2D eigenvalue weighted by atomic mass is 16.3. The van der Waals surface area contributed by atoms with Crippen molar-refractivity contribution in [2.75, 3.05) is 6.54 Å². The first-order valence-electron chi connectivity index (χ1n) is 6.09. The molecule has 1 fully saturated rings. The van der Waals surface area contributed by atoms with Gasteiger partial charge in [-0.2, -0.15) is 0 Å². The third kappa shape index (κ3) is 2.83. The number of aliphatic hydroxyl groups is 1. The van der Waals surface area contributed by atoms with Crippen LogP contribution in [-0.2, 0) is 13.6 Å². The summed E-state index contributed by atoms with van der Waals surface area (Å²) in [5.74, 6) is 1.01. The molecule has 2 rings (SSSR count). The Labute approximate surface area is 96.7 Å². The van der Waals surface area contributed by atoms with Gasteiger partial charge in [0.05, 0.1) is 12.1 Å². The Morgan fingerprint density at radius 1 is 1.44 bits per heavy atom. The zero-order valence-electron chi connectivity index (χ0n) is 9.95. The monoisotopic (exact) mass is 223 g/mol. The van der Waals surface area contributed by atoms with Gasteiger partial charge >= 0.3 is 0 Å². The van der Waals surface area contributed by atoms with Crippen molar-refractivity contribution in [3.63, 3.8) is 0 Å². The fraction of sp³-hybridized carbons (Fsp3) is 0.750. The molecule has 0 amide bonds. The number of hydrogen-bond acceptors (Lipinski definition) is 3. The Kier molecular flexibility index (Phi) is 3.61. The van der Waals surface area contributed by atoms with Crippen LogP contribution in [0.4, 0.5) is 0 Å². The molecule has 1 aromatic rings. The fourth-order valence-electron chi connectivity index (χ4n) is 2.36. The minimum Gasteiger partial charge on any atom is -0.389 e. The lowest BCUT2D eigenvalue weighted by molar-refractivity contribution is 0.00451. The van der Waals surface area contributed by atoms with E-state index in [0.717, 1.165) is 38.1 Å². The Morgan fingerprint density at radius 2 is 2.19 bits per heavy atom. The minimum absolute atomic E-state index is 0.483. The van der Waals surface area contributed by atoms with Gasteiger partial charge in [-0.05, 0) is 12.8 Å². The first kappa shape index (κ1) is 11.6. The second-order valence-electron chi connectivity index (χ2n) is 4.84. The number of aryl methyl sites for hydroxylation is 1. The van der Waals surface area contributed by atoms with Crippen molar-refractivity contribution in [1.29, 1.82) is 0 Å². The second kappa shape index (κ2) is 4.97. The van der Waals surface area contributed by atoms with Crippen LogP contribution < -0.4 is 5.32 Å². The van der Waals surface area contributed by atoms with Gasteiger partial charge in [0.2, 0.25) is 0 Å². The van der Waals surface area contributed by atoms with E-state index in [1.165, 1.54) is 6.42 Å². The van der Waals surface area contributed by atoms with Gasteiger partial charge in [-0.25, -0.2) is 4.98 Å². The molecule has 1 saturated carbocycles. The van der Waals surface area contributed by atoms with Crippen LogP contribution in [0.3, 0.4) is 0 Å². The Bertz CT molecular complexity index is 329. The summed E-state index contributed by atoms with van der Waals surface area (Å²) in [6.07, 6.45) is 9.17. The van der Waals surface area contributed by atoms with Gasteiger partial charge in [-0.3, -0.25) is 0 Å². The number of hydrogen-bond donors (Lipinski definition) is 2. The molecular weight excluding hydrogens is 202 g/mol. The molecule has 0 saturated heterocycles. The molecule has 0 radical (unpaired) electrons. The van der Waals surface area contributed by atoms with Gasteiger partial charge < -0.3 is 15.0 Å². The van der Waals surface area contributed by atoms with Crippen LogP contribution in [0.25, 0.3) is 0 Å². The number of nitrogens with one attached hydrogen (secondary N) is 1. The Hall–Kier alpha value is -0.870. The summed E-state index contributed by atoms with van der Waals surface area (Å²) in [5, 5.41) is 13.6. The number of aromatic nitrogens is 2.